The van der Waals surface area contributed by atoms with Crippen LogP contribution in [0.25, 0.3) is 0 Å². The molecule has 0 aliphatic carbocycles. The first-order valence-electron chi connectivity index (χ1n) is 5.30. The highest BCUT2D eigenvalue weighted by Crippen LogP contribution is 2.22. The van der Waals surface area contributed by atoms with Crippen LogP contribution in [0.5, 0.6) is 0 Å². The summed E-state index contributed by atoms with van der Waals surface area (Å²) in [7, 11) is 0. The predicted molar refractivity (Wildman–Crippen MR) is 54.2 cm³/mol. The van der Waals surface area contributed by atoms with E-state index in [-0.39, 0.29) is 6.04 Å². The number of hydrogen-bond acceptors (Lipinski definition) is 2. The van der Waals surface area contributed by atoms with Crippen molar-refractivity contribution in [2.24, 2.45) is 11.8 Å². The molecule has 2 atom stereocenters. The van der Waals surface area contributed by atoms with E-state index in [0.29, 0.717) is 11.8 Å². The van der Waals surface area contributed by atoms with E-state index < -0.39 is 0 Å². The number of rotatable bonds is 3. The second-order valence-corrected chi connectivity index (χ2v) is 4.42. The number of likely N-dealkylation sites (tertiary alicyclic amines) is 1. The van der Waals surface area contributed by atoms with Crippen molar-refractivity contribution >= 4 is 0 Å². The van der Waals surface area contributed by atoms with Gasteiger partial charge >= 0.3 is 0 Å². The molecule has 1 fully saturated rings. The molecule has 0 aromatic rings. The topological polar surface area (TPSA) is 27.0 Å². The summed E-state index contributed by atoms with van der Waals surface area (Å²) in [4.78, 5) is 2.34. The predicted octanol–water partition coefficient (Wildman–Crippen LogP) is 2.27. The van der Waals surface area contributed by atoms with Crippen LogP contribution in [0.2, 0.25) is 0 Å². The first-order valence-corrected chi connectivity index (χ1v) is 5.30. The lowest BCUT2D eigenvalue weighted by Crippen LogP contribution is -2.38. The van der Waals surface area contributed by atoms with Crippen molar-refractivity contribution in [2.75, 3.05) is 13.1 Å². The lowest BCUT2D eigenvalue weighted by Gasteiger charge is -2.29. The summed E-state index contributed by atoms with van der Waals surface area (Å²) in [6, 6.07) is 2.59. The van der Waals surface area contributed by atoms with Crippen LogP contribution in [0.3, 0.4) is 0 Å². The molecule has 74 valence electrons. The van der Waals surface area contributed by atoms with E-state index in [1.165, 1.54) is 12.8 Å². The summed E-state index contributed by atoms with van der Waals surface area (Å²) in [5.74, 6) is 1.09. The summed E-state index contributed by atoms with van der Waals surface area (Å²) in [6.07, 6.45) is 2.53. The largest absolute Gasteiger partial charge is 0.288 e. The normalized spacial score (nSPS) is 23.0. The van der Waals surface area contributed by atoms with Gasteiger partial charge in [-0.2, -0.15) is 5.26 Å². The monoisotopic (exact) mass is 180 g/mol. The number of nitriles is 1. The Kier molecular flexibility index (Phi) is 3.74. The Labute approximate surface area is 81.5 Å². The smallest absolute Gasteiger partial charge is 0.101 e. The summed E-state index contributed by atoms with van der Waals surface area (Å²) >= 11 is 0. The minimum Gasteiger partial charge on any atom is -0.288 e. The summed E-state index contributed by atoms with van der Waals surface area (Å²) < 4.78 is 0. The van der Waals surface area contributed by atoms with E-state index in [0.717, 1.165) is 13.1 Å². The maximum atomic E-state index is 9.11. The molecular weight excluding hydrogens is 160 g/mol. The van der Waals surface area contributed by atoms with Crippen LogP contribution in [-0.2, 0) is 0 Å². The lowest BCUT2D eigenvalue weighted by atomic mass is 9.90. The van der Waals surface area contributed by atoms with Gasteiger partial charge in [0.2, 0.25) is 0 Å². The maximum Gasteiger partial charge on any atom is 0.101 e. The highest BCUT2D eigenvalue weighted by Gasteiger charge is 2.27. The minimum absolute atomic E-state index is 0.141. The van der Waals surface area contributed by atoms with Gasteiger partial charge in [0.1, 0.15) is 6.04 Å². The van der Waals surface area contributed by atoms with Gasteiger partial charge in [-0.1, -0.05) is 20.8 Å². The molecule has 0 amide bonds. The van der Waals surface area contributed by atoms with Crippen LogP contribution in [0.15, 0.2) is 0 Å². The quantitative estimate of drug-likeness (QED) is 0.666. The minimum atomic E-state index is 0.141. The average molecular weight is 180 g/mol. The molecule has 2 nitrogen and oxygen atoms in total. The molecule has 2 unspecified atom stereocenters. The van der Waals surface area contributed by atoms with Gasteiger partial charge in [-0.25, -0.2) is 0 Å². The van der Waals surface area contributed by atoms with Gasteiger partial charge in [0.25, 0.3) is 0 Å². The summed E-state index contributed by atoms with van der Waals surface area (Å²) in [5, 5.41) is 9.11. The Balaban J connectivity index is 2.56. The van der Waals surface area contributed by atoms with Crippen molar-refractivity contribution < 1.29 is 0 Å². The number of nitrogens with zero attached hydrogens (tertiary/aromatic N) is 2. The lowest BCUT2D eigenvalue weighted by molar-refractivity contribution is 0.196. The van der Waals surface area contributed by atoms with Gasteiger partial charge in [0, 0.05) is 0 Å². The third-order valence-electron chi connectivity index (χ3n) is 3.22. The molecular formula is C11H20N2. The highest BCUT2D eigenvalue weighted by molar-refractivity contribution is 4.97. The van der Waals surface area contributed by atoms with E-state index >= 15 is 0 Å². The van der Waals surface area contributed by atoms with Crippen molar-refractivity contribution in [3.63, 3.8) is 0 Å². The van der Waals surface area contributed by atoms with Gasteiger partial charge in [-0.15, -0.1) is 0 Å². The summed E-state index contributed by atoms with van der Waals surface area (Å²) in [6.45, 7) is 8.83. The first-order chi connectivity index (χ1) is 6.16. The van der Waals surface area contributed by atoms with Crippen LogP contribution in [-0.4, -0.2) is 24.0 Å². The zero-order chi connectivity index (χ0) is 9.84. The number of hydrogen-bond donors (Lipinski definition) is 0. The van der Waals surface area contributed by atoms with Crippen LogP contribution in [0.1, 0.15) is 33.6 Å². The van der Waals surface area contributed by atoms with Crippen molar-refractivity contribution in [1.29, 1.82) is 5.26 Å². The van der Waals surface area contributed by atoms with Gasteiger partial charge in [0.15, 0.2) is 0 Å². The SMILES string of the molecule is CC(C)C(C)C(C#N)N1CCCC1. The molecule has 1 heterocycles. The Morgan fingerprint density at radius 2 is 1.69 bits per heavy atom. The Morgan fingerprint density at radius 1 is 1.15 bits per heavy atom. The third-order valence-corrected chi connectivity index (χ3v) is 3.22. The van der Waals surface area contributed by atoms with Crippen molar-refractivity contribution in [3.05, 3.63) is 0 Å². The van der Waals surface area contributed by atoms with Crippen LogP contribution in [0, 0.1) is 23.2 Å². The van der Waals surface area contributed by atoms with Crippen LogP contribution < -0.4 is 0 Å². The fourth-order valence-corrected chi connectivity index (χ4v) is 1.92. The Bertz CT molecular complexity index is 185. The molecule has 1 saturated heterocycles. The highest BCUT2D eigenvalue weighted by atomic mass is 15.2. The van der Waals surface area contributed by atoms with Gasteiger partial charge < -0.3 is 0 Å². The average Bonchev–Trinajstić information content (AvgIpc) is 2.58. The standard InChI is InChI=1S/C11H20N2/c1-9(2)10(3)11(8-12)13-6-4-5-7-13/h9-11H,4-7H2,1-3H3. The van der Waals surface area contributed by atoms with Crippen molar-refractivity contribution in [2.45, 2.75) is 39.7 Å². The van der Waals surface area contributed by atoms with Crippen molar-refractivity contribution in [3.8, 4) is 6.07 Å². The molecule has 1 aliphatic heterocycles. The molecule has 1 rings (SSSR count). The zero-order valence-electron chi connectivity index (χ0n) is 8.95. The molecule has 13 heavy (non-hydrogen) atoms. The Morgan fingerprint density at radius 3 is 2.08 bits per heavy atom. The van der Waals surface area contributed by atoms with E-state index in [4.69, 9.17) is 5.26 Å². The third kappa shape index (κ3) is 2.45. The van der Waals surface area contributed by atoms with Gasteiger partial charge in [-0.3, -0.25) is 4.90 Å². The zero-order valence-corrected chi connectivity index (χ0v) is 8.95. The van der Waals surface area contributed by atoms with Crippen molar-refractivity contribution in [1.82, 2.24) is 4.90 Å². The fourth-order valence-electron chi connectivity index (χ4n) is 1.92. The molecule has 0 bridgehead atoms. The second kappa shape index (κ2) is 4.62. The molecule has 2 heteroatoms. The van der Waals surface area contributed by atoms with Gasteiger partial charge in [0.05, 0.1) is 6.07 Å². The van der Waals surface area contributed by atoms with Crippen LogP contribution >= 0.6 is 0 Å². The van der Waals surface area contributed by atoms with E-state index in [1.807, 2.05) is 0 Å². The second-order valence-electron chi connectivity index (χ2n) is 4.42. The summed E-state index contributed by atoms with van der Waals surface area (Å²) in [5.41, 5.74) is 0. The molecule has 0 radical (unpaired) electrons. The molecule has 0 aromatic heterocycles. The first kappa shape index (κ1) is 10.5. The van der Waals surface area contributed by atoms with E-state index in [2.05, 4.69) is 31.7 Å². The van der Waals surface area contributed by atoms with E-state index in [9.17, 15) is 0 Å². The Hall–Kier alpha value is -0.550. The van der Waals surface area contributed by atoms with E-state index in [1.54, 1.807) is 0 Å². The van der Waals surface area contributed by atoms with Gasteiger partial charge in [-0.05, 0) is 37.8 Å². The molecule has 1 aliphatic rings. The maximum absolute atomic E-state index is 9.11. The fraction of sp³-hybridized carbons (Fsp3) is 0.909. The molecule has 0 aromatic carbocycles. The molecule has 0 spiro atoms. The van der Waals surface area contributed by atoms with Crippen LogP contribution in [0.4, 0.5) is 0 Å². The molecule has 0 N–H and O–H groups in total. The molecule has 0 saturated carbocycles.